The van der Waals surface area contributed by atoms with Crippen LogP contribution in [0.4, 0.5) is 18.0 Å². The molecule has 27 heavy (non-hydrogen) atoms. The first kappa shape index (κ1) is 20.3. The van der Waals surface area contributed by atoms with Crippen LogP contribution in [-0.2, 0) is 19.0 Å². The van der Waals surface area contributed by atoms with Gasteiger partial charge in [0.25, 0.3) is 0 Å². The number of halogens is 3. The third-order valence-electron chi connectivity index (χ3n) is 4.82. The molecule has 3 aliphatic rings. The number of amides is 1. The molecule has 0 radical (unpaired) electrons. The van der Waals surface area contributed by atoms with Crippen LogP contribution in [0.1, 0.15) is 52.9 Å². The van der Waals surface area contributed by atoms with Crippen molar-refractivity contribution < 1.29 is 35.3 Å². The molecule has 2 fully saturated rings. The van der Waals surface area contributed by atoms with Gasteiger partial charge in [-0.25, -0.2) is 4.79 Å². The number of alkyl halides is 3. The Balaban J connectivity index is 1.89. The zero-order chi connectivity index (χ0) is 20.2. The van der Waals surface area contributed by atoms with E-state index in [9.17, 15) is 26.4 Å². The zero-order valence-corrected chi connectivity index (χ0v) is 16.3. The molecule has 0 aromatic carbocycles. The van der Waals surface area contributed by atoms with Crippen LogP contribution in [0, 0.1) is 11.8 Å². The summed E-state index contributed by atoms with van der Waals surface area (Å²) < 4.78 is 70.8. The standard InChI is InChI=1S/C17H24F3NO5S/c1-16(2,3)25-15(22)21-13(10-4-5-10)8-12(9-14(21)11-6-7-11)26-27(23,24)17(18,19)20/h8,10-11,13-14H,4-7,9H2,1-3H3. The number of carbonyl (C=O) groups excluding carboxylic acids is 1. The van der Waals surface area contributed by atoms with E-state index in [-0.39, 0.29) is 24.0 Å². The van der Waals surface area contributed by atoms with Crippen molar-refractivity contribution in [1.29, 1.82) is 0 Å². The maximum absolute atomic E-state index is 12.8. The SMILES string of the molecule is CC(C)(C)OC(=O)N1C(C2CC2)C=C(OS(=O)(=O)C(F)(F)F)CC1C1CC1. The van der Waals surface area contributed by atoms with Crippen molar-refractivity contribution in [2.45, 2.75) is 76.1 Å². The van der Waals surface area contributed by atoms with Gasteiger partial charge in [0, 0.05) is 12.5 Å². The molecule has 2 aliphatic carbocycles. The lowest BCUT2D eigenvalue weighted by Crippen LogP contribution is -2.53. The van der Waals surface area contributed by atoms with Crippen molar-refractivity contribution in [1.82, 2.24) is 4.90 Å². The second kappa shape index (κ2) is 6.56. The van der Waals surface area contributed by atoms with E-state index in [1.54, 1.807) is 25.7 Å². The molecule has 2 unspecified atom stereocenters. The fraction of sp³-hybridized carbons (Fsp3) is 0.824. The highest BCUT2D eigenvalue weighted by atomic mass is 32.2. The summed E-state index contributed by atoms with van der Waals surface area (Å²) in [4.78, 5) is 14.4. The monoisotopic (exact) mass is 411 g/mol. The van der Waals surface area contributed by atoms with Crippen LogP contribution in [0.25, 0.3) is 0 Å². The third kappa shape index (κ3) is 4.70. The normalized spacial score (nSPS) is 27.2. The minimum Gasteiger partial charge on any atom is -0.444 e. The van der Waals surface area contributed by atoms with Crippen molar-refractivity contribution in [3.63, 3.8) is 0 Å². The summed E-state index contributed by atoms with van der Waals surface area (Å²) in [6.07, 6.45) is 4.06. The van der Waals surface area contributed by atoms with E-state index >= 15 is 0 Å². The van der Waals surface area contributed by atoms with Gasteiger partial charge in [0.05, 0.1) is 6.04 Å². The summed E-state index contributed by atoms with van der Waals surface area (Å²) in [5.74, 6) is -0.0492. The van der Waals surface area contributed by atoms with Crippen LogP contribution in [0.3, 0.4) is 0 Å². The van der Waals surface area contributed by atoms with Crippen LogP contribution in [0.15, 0.2) is 11.8 Å². The fourth-order valence-electron chi connectivity index (χ4n) is 3.36. The number of carbonyl (C=O) groups is 1. The summed E-state index contributed by atoms with van der Waals surface area (Å²) in [5.41, 5.74) is -6.19. The molecule has 0 saturated heterocycles. The Kier molecular flexibility index (Phi) is 4.93. The summed E-state index contributed by atoms with van der Waals surface area (Å²) in [5, 5.41) is 0. The molecule has 1 amide bonds. The van der Waals surface area contributed by atoms with Crippen molar-refractivity contribution >= 4 is 16.2 Å². The van der Waals surface area contributed by atoms with Crippen molar-refractivity contribution in [3.8, 4) is 0 Å². The number of nitrogens with zero attached hydrogens (tertiary/aromatic N) is 1. The van der Waals surface area contributed by atoms with E-state index in [0.29, 0.717) is 0 Å². The van der Waals surface area contributed by atoms with Gasteiger partial charge in [-0.05, 0) is 64.4 Å². The second-order valence-electron chi connectivity index (χ2n) is 8.44. The Morgan fingerprint density at radius 2 is 1.67 bits per heavy atom. The fourth-order valence-corrected chi connectivity index (χ4v) is 3.86. The van der Waals surface area contributed by atoms with E-state index in [2.05, 4.69) is 4.18 Å². The van der Waals surface area contributed by atoms with E-state index in [0.717, 1.165) is 25.7 Å². The first-order valence-electron chi connectivity index (χ1n) is 9.01. The van der Waals surface area contributed by atoms with Gasteiger partial charge in [-0.3, -0.25) is 4.90 Å². The molecule has 0 aromatic heterocycles. The van der Waals surface area contributed by atoms with E-state index < -0.39 is 39.4 Å². The average Bonchev–Trinajstić information content (AvgIpc) is 3.34. The predicted octanol–water partition coefficient (Wildman–Crippen LogP) is 3.93. The highest BCUT2D eigenvalue weighted by Crippen LogP contribution is 2.47. The lowest BCUT2D eigenvalue weighted by atomic mass is 9.95. The third-order valence-corrected chi connectivity index (χ3v) is 5.82. The second-order valence-corrected chi connectivity index (χ2v) is 9.98. The maximum atomic E-state index is 12.8. The molecule has 0 aromatic rings. The summed E-state index contributed by atoms with van der Waals surface area (Å²) in [6, 6.07) is -0.938. The van der Waals surface area contributed by atoms with E-state index in [1.165, 1.54) is 6.08 Å². The van der Waals surface area contributed by atoms with Crippen molar-refractivity contribution in [3.05, 3.63) is 11.8 Å². The lowest BCUT2D eigenvalue weighted by Gasteiger charge is -2.41. The topological polar surface area (TPSA) is 72.9 Å². The number of rotatable bonds is 4. The van der Waals surface area contributed by atoms with Crippen LogP contribution in [0.5, 0.6) is 0 Å². The zero-order valence-electron chi connectivity index (χ0n) is 15.5. The van der Waals surface area contributed by atoms with Gasteiger partial charge in [0.1, 0.15) is 11.4 Å². The first-order chi connectivity index (χ1) is 12.3. The quantitative estimate of drug-likeness (QED) is 0.518. The van der Waals surface area contributed by atoms with Crippen LogP contribution < -0.4 is 0 Å². The van der Waals surface area contributed by atoms with Gasteiger partial charge in [-0.1, -0.05) is 0 Å². The molecule has 0 N–H and O–H groups in total. The molecule has 1 aliphatic heterocycles. The molecular weight excluding hydrogens is 387 g/mol. The van der Waals surface area contributed by atoms with Crippen molar-refractivity contribution in [2.75, 3.05) is 0 Å². The van der Waals surface area contributed by atoms with Gasteiger partial charge >= 0.3 is 21.7 Å². The van der Waals surface area contributed by atoms with Gasteiger partial charge in [0.2, 0.25) is 0 Å². The number of hydrogen-bond donors (Lipinski definition) is 0. The van der Waals surface area contributed by atoms with Crippen molar-refractivity contribution in [2.24, 2.45) is 11.8 Å². The van der Waals surface area contributed by atoms with Gasteiger partial charge in [-0.2, -0.15) is 21.6 Å². The summed E-state index contributed by atoms with van der Waals surface area (Å²) in [6.45, 7) is 5.23. The van der Waals surface area contributed by atoms with Gasteiger partial charge in [-0.15, -0.1) is 0 Å². The molecule has 2 atom stereocenters. The largest absolute Gasteiger partial charge is 0.534 e. The Morgan fingerprint density at radius 1 is 1.11 bits per heavy atom. The molecule has 0 bridgehead atoms. The molecule has 1 heterocycles. The minimum atomic E-state index is -5.72. The van der Waals surface area contributed by atoms with Crippen LogP contribution >= 0.6 is 0 Å². The Bertz CT molecular complexity index is 733. The van der Waals surface area contributed by atoms with E-state index in [1.807, 2.05) is 0 Å². The first-order valence-corrected chi connectivity index (χ1v) is 10.4. The average molecular weight is 411 g/mol. The lowest BCUT2D eigenvalue weighted by molar-refractivity contribution is -0.0531. The van der Waals surface area contributed by atoms with Crippen LogP contribution in [-0.4, -0.2) is 42.6 Å². The minimum absolute atomic E-state index is 0.0670. The number of hydrogen-bond acceptors (Lipinski definition) is 5. The molecule has 2 saturated carbocycles. The highest BCUT2D eigenvalue weighted by molar-refractivity contribution is 7.87. The maximum Gasteiger partial charge on any atom is 0.534 e. The molecule has 3 rings (SSSR count). The van der Waals surface area contributed by atoms with E-state index in [4.69, 9.17) is 4.74 Å². The molecule has 10 heteroatoms. The molecule has 154 valence electrons. The van der Waals surface area contributed by atoms with Gasteiger partial charge in [0.15, 0.2) is 0 Å². The molecular formula is C17H24F3NO5S. The Labute approximate surface area is 156 Å². The number of ether oxygens (including phenoxy) is 1. The highest BCUT2D eigenvalue weighted by Gasteiger charge is 2.52. The Morgan fingerprint density at radius 3 is 2.11 bits per heavy atom. The smallest absolute Gasteiger partial charge is 0.444 e. The summed E-state index contributed by atoms with van der Waals surface area (Å²) in [7, 11) is -5.72. The molecule has 6 nitrogen and oxygen atoms in total. The van der Waals surface area contributed by atoms with Crippen LogP contribution in [0.2, 0.25) is 0 Å². The molecule has 0 spiro atoms. The van der Waals surface area contributed by atoms with Gasteiger partial charge < -0.3 is 8.92 Å². The Hall–Kier alpha value is -1.45. The summed E-state index contributed by atoms with van der Waals surface area (Å²) >= 11 is 0. The predicted molar refractivity (Wildman–Crippen MR) is 89.9 cm³/mol.